The number of rotatable bonds is 7. The van der Waals surface area contributed by atoms with E-state index in [4.69, 9.17) is 16.3 Å². The van der Waals surface area contributed by atoms with E-state index in [0.717, 1.165) is 0 Å². The van der Waals surface area contributed by atoms with E-state index in [2.05, 4.69) is 10.3 Å². The van der Waals surface area contributed by atoms with Crippen molar-refractivity contribution in [2.45, 2.75) is 12.5 Å². The van der Waals surface area contributed by atoms with E-state index >= 15 is 0 Å². The van der Waals surface area contributed by atoms with Gasteiger partial charge in [-0.15, -0.1) is 0 Å². The van der Waals surface area contributed by atoms with Gasteiger partial charge in [-0.2, -0.15) is 0 Å². The lowest BCUT2D eigenvalue weighted by molar-refractivity contribution is -0.137. The zero-order valence-corrected chi connectivity index (χ0v) is 16.7. The largest absolute Gasteiger partial charge is 0.481 e. The Morgan fingerprint density at radius 1 is 1.20 bits per heavy atom. The third kappa shape index (κ3) is 4.93. The Morgan fingerprint density at radius 3 is 2.63 bits per heavy atom. The normalized spacial score (nSPS) is 11.6. The number of carboxylic acids is 1. The van der Waals surface area contributed by atoms with Crippen molar-refractivity contribution in [3.05, 3.63) is 82.8 Å². The Balaban J connectivity index is 1.94. The predicted octanol–water partition coefficient (Wildman–Crippen LogP) is 4.50. The second-order valence-electron chi connectivity index (χ2n) is 6.44. The van der Waals surface area contributed by atoms with Crippen LogP contribution >= 0.6 is 11.6 Å². The molecule has 2 aromatic carbocycles. The van der Waals surface area contributed by atoms with Crippen LogP contribution in [0, 0.1) is 5.82 Å². The predicted molar refractivity (Wildman–Crippen MR) is 110 cm³/mol. The average molecular weight is 429 g/mol. The number of carbonyl (C=O) groups excluding carboxylic acids is 1. The van der Waals surface area contributed by atoms with Gasteiger partial charge in [-0.05, 0) is 35.4 Å². The molecule has 3 rings (SSSR count). The van der Waals surface area contributed by atoms with Crippen LogP contribution in [0.3, 0.4) is 0 Å². The van der Waals surface area contributed by atoms with E-state index in [0.29, 0.717) is 21.7 Å². The summed E-state index contributed by atoms with van der Waals surface area (Å²) in [6, 6.07) is 13.2. The summed E-state index contributed by atoms with van der Waals surface area (Å²) >= 11 is 6.18. The minimum Gasteiger partial charge on any atom is -0.481 e. The molecule has 0 radical (unpaired) electrons. The molecule has 8 heteroatoms. The van der Waals surface area contributed by atoms with Gasteiger partial charge in [0.2, 0.25) is 5.88 Å². The maximum absolute atomic E-state index is 13.7. The van der Waals surface area contributed by atoms with E-state index in [-0.39, 0.29) is 17.9 Å². The molecule has 0 bridgehead atoms. The van der Waals surface area contributed by atoms with Gasteiger partial charge in [0.15, 0.2) is 0 Å². The van der Waals surface area contributed by atoms with Crippen LogP contribution in [0.4, 0.5) is 4.39 Å². The van der Waals surface area contributed by atoms with Crippen molar-refractivity contribution in [3.8, 4) is 17.0 Å². The molecule has 2 N–H and O–H groups in total. The van der Waals surface area contributed by atoms with Gasteiger partial charge in [-0.1, -0.05) is 41.9 Å². The molecule has 0 aliphatic heterocycles. The lowest BCUT2D eigenvalue weighted by Crippen LogP contribution is -2.30. The third-order valence-electron chi connectivity index (χ3n) is 4.41. The third-order valence-corrected chi connectivity index (χ3v) is 4.75. The van der Waals surface area contributed by atoms with Crippen LogP contribution in [0.25, 0.3) is 11.1 Å². The highest BCUT2D eigenvalue weighted by Gasteiger charge is 2.22. The molecule has 1 unspecified atom stereocenters. The van der Waals surface area contributed by atoms with Gasteiger partial charge in [0.1, 0.15) is 5.82 Å². The Labute approximate surface area is 177 Å². The van der Waals surface area contributed by atoms with Crippen LogP contribution in [-0.2, 0) is 4.79 Å². The lowest BCUT2D eigenvalue weighted by atomic mass is 10.0. The van der Waals surface area contributed by atoms with E-state index in [9.17, 15) is 19.1 Å². The topological polar surface area (TPSA) is 88.5 Å². The summed E-state index contributed by atoms with van der Waals surface area (Å²) in [6.45, 7) is 0. The van der Waals surface area contributed by atoms with Crippen LogP contribution in [0.15, 0.2) is 60.8 Å². The fourth-order valence-corrected chi connectivity index (χ4v) is 3.28. The molecule has 1 aromatic heterocycles. The minimum atomic E-state index is -1.09. The molecule has 0 spiro atoms. The van der Waals surface area contributed by atoms with Gasteiger partial charge in [0, 0.05) is 16.8 Å². The number of amides is 1. The quantitative estimate of drug-likeness (QED) is 0.578. The molecule has 1 amide bonds. The summed E-state index contributed by atoms with van der Waals surface area (Å²) in [5, 5.41) is 12.3. The fraction of sp³-hybridized carbons (Fsp3) is 0.136. The molecule has 0 saturated carbocycles. The van der Waals surface area contributed by atoms with Crippen molar-refractivity contribution in [1.29, 1.82) is 0 Å². The van der Waals surface area contributed by atoms with E-state index < -0.39 is 23.7 Å². The monoisotopic (exact) mass is 428 g/mol. The number of hydrogen-bond donors (Lipinski definition) is 2. The minimum absolute atomic E-state index is 0.164. The number of carboxylic acid groups (broad SMARTS) is 1. The molecule has 0 aliphatic rings. The molecule has 1 atom stereocenters. The summed E-state index contributed by atoms with van der Waals surface area (Å²) in [7, 11) is 1.42. The number of halogens is 2. The Hall–Kier alpha value is -3.45. The average Bonchev–Trinajstić information content (AvgIpc) is 2.72. The molecule has 30 heavy (non-hydrogen) atoms. The maximum Gasteiger partial charge on any atom is 0.305 e. The van der Waals surface area contributed by atoms with E-state index in [1.54, 1.807) is 30.3 Å². The molecule has 0 aliphatic carbocycles. The first-order valence-electron chi connectivity index (χ1n) is 8.96. The zero-order valence-electron chi connectivity index (χ0n) is 15.9. The fourth-order valence-electron chi connectivity index (χ4n) is 3.01. The van der Waals surface area contributed by atoms with Gasteiger partial charge < -0.3 is 15.2 Å². The summed E-state index contributed by atoms with van der Waals surface area (Å²) in [5.41, 5.74) is 1.57. The molecular formula is C22H18ClFN2O4. The summed E-state index contributed by atoms with van der Waals surface area (Å²) < 4.78 is 18.9. The number of benzene rings is 2. The van der Waals surface area contributed by atoms with Crippen LogP contribution in [0.2, 0.25) is 5.02 Å². The Morgan fingerprint density at radius 2 is 1.97 bits per heavy atom. The summed E-state index contributed by atoms with van der Waals surface area (Å²) in [4.78, 5) is 28.3. The Bertz CT molecular complexity index is 1090. The van der Waals surface area contributed by atoms with Crippen LogP contribution in [-0.4, -0.2) is 29.1 Å². The molecule has 3 aromatic rings. The number of hydrogen-bond acceptors (Lipinski definition) is 4. The maximum atomic E-state index is 13.7. The van der Waals surface area contributed by atoms with Crippen LogP contribution < -0.4 is 10.1 Å². The van der Waals surface area contributed by atoms with Crippen molar-refractivity contribution >= 4 is 23.5 Å². The van der Waals surface area contributed by atoms with Crippen LogP contribution in [0.1, 0.15) is 28.4 Å². The number of pyridine rings is 1. The first kappa shape index (κ1) is 21.3. The number of methoxy groups -OCH3 is 1. The first-order chi connectivity index (χ1) is 14.4. The van der Waals surface area contributed by atoms with Gasteiger partial charge in [-0.25, -0.2) is 9.37 Å². The summed E-state index contributed by atoms with van der Waals surface area (Å²) in [5.74, 6) is -1.85. The highest BCUT2D eigenvalue weighted by atomic mass is 35.5. The van der Waals surface area contributed by atoms with Gasteiger partial charge in [-0.3, -0.25) is 9.59 Å². The number of nitrogens with one attached hydrogen (secondary N) is 1. The highest BCUT2D eigenvalue weighted by Crippen LogP contribution is 2.30. The van der Waals surface area contributed by atoms with Crippen molar-refractivity contribution < 1.29 is 23.8 Å². The number of nitrogens with zero attached hydrogens (tertiary/aromatic N) is 1. The van der Waals surface area contributed by atoms with Crippen molar-refractivity contribution in [3.63, 3.8) is 0 Å². The van der Waals surface area contributed by atoms with Crippen molar-refractivity contribution in [2.24, 2.45) is 0 Å². The van der Waals surface area contributed by atoms with Gasteiger partial charge in [0.05, 0.1) is 25.1 Å². The number of aromatic nitrogens is 1. The number of carbonyl (C=O) groups is 2. The SMILES string of the molecule is COc1ncc(C(=O)NC(CC(=O)O)c2ccccc2Cl)cc1-c1cccc(F)c1. The zero-order chi connectivity index (χ0) is 21.7. The van der Waals surface area contributed by atoms with E-state index in [1.807, 2.05) is 0 Å². The Kier molecular flexibility index (Phi) is 6.64. The smallest absolute Gasteiger partial charge is 0.305 e. The molecule has 6 nitrogen and oxygen atoms in total. The summed E-state index contributed by atoms with van der Waals surface area (Å²) in [6.07, 6.45) is 0.956. The van der Waals surface area contributed by atoms with Crippen molar-refractivity contribution in [2.75, 3.05) is 7.11 Å². The number of ether oxygens (including phenoxy) is 1. The second-order valence-corrected chi connectivity index (χ2v) is 6.84. The van der Waals surface area contributed by atoms with Crippen molar-refractivity contribution in [1.82, 2.24) is 10.3 Å². The van der Waals surface area contributed by atoms with Gasteiger partial charge >= 0.3 is 5.97 Å². The molecule has 154 valence electrons. The number of aliphatic carboxylic acids is 1. The van der Waals surface area contributed by atoms with Crippen LogP contribution in [0.5, 0.6) is 5.88 Å². The highest BCUT2D eigenvalue weighted by molar-refractivity contribution is 6.31. The molecule has 1 heterocycles. The first-order valence-corrected chi connectivity index (χ1v) is 9.34. The lowest BCUT2D eigenvalue weighted by Gasteiger charge is -2.19. The standard InChI is InChI=1S/C22H18ClFN2O4/c1-30-22-17(13-5-4-6-15(24)9-13)10-14(12-25-22)21(29)26-19(11-20(27)28)16-7-2-3-8-18(16)23/h2-10,12,19H,11H2,1H3,(H,26,29)(H,27,28). The van der Waals surface area contributed by atoms with E-state index in [1.165, 1.54) is 37.6 Å². The van der Waals surface area contributed by atoms with Gasteiger partial charge in [0.25, 0.3) is 5.91 Å². The molecular weight excluding hydrogens is 411 g/mol. The second kappa shape index (κ2) is 9.37. The molecule has 0 saturated heterocycles. The molecule has 0 fully saturated rings.